The molecule has 10 heteroatoms. The zero-order chi connectivity index (χ0) is 20.1. The first-order valence-corrected chi connectivity index (χ1v) is 10.5. The number of aromatic nitrogens is 2. The molecular weight excluding hydrogens is 382 g/mol. The van der Waals surface area contributed by atoms with E-state index in [0.717, 1.165) is 18.2 Å². The molecule has 0 bridgehead atoms. The fourth-order valence-electron chi connectivity index (χ4n) is 3.05. The molecule has 2 aromatic rings. The summed E-state index contributed by atoms with van der Waals surface area (Å²) in [6, 6.07) is 8.47. The molecule has 1 saturated heterocycles. The molecule has 1 aliphatic rings. The molecule has 1 aromatic carbocycles. The normalized spacial score (nSPS) is 15.3. The van der Waals surface area contributed by atoms with Gasteiger partial charge in [0.25, 0.3) is 0 Å². The lowest BCUT2D eigenvalue weighted by Gasteiger charge is -2.34. The van der Waals surface area contributed by atoms with Crippen LogP contribution in [-0.4, -0.2) is 69.9 Å². The highest BCUT2D eigenvalue weighted by atomic mass is 32.2. The van der Waals surface area contributed by atoms with Gasteiger partial charge in [0.05, 0.1) is 14.2 Å². The van der Waals surface area contributed by atoms with Crippen LogP contribution < -0.4 is 19.7 Å². The van der Waals surface area contributed by atoms with Gasteiger partial charge in [-0.05, 0) is 31.2 Å². The largest absolute Gasteiger partial charge is 0.497 e. The number of anilines is 2. The molecule has 1 aliphatic heterocycles. The van der Waals surface area contributed by atoms with Crippen molar-refractivity contribution in [2.24, 2.45) is 0 Å². The molecule has 9 nitrogen and oxygen atoms in total. The maximum absolute atomic E-state index is 13.1. The van der Waals surface area contributed by atoms with E-state index in [4.69, 9.17) is 9.47 Å². The monoisotopic (exact) mass is 407 g/mol. The Balaban J connectivity index is 1.71. The summed E-state index contributed by atoms with van der Waals surface area (Å²) in [7, 11) is -0.700. The predicted octanol–water partition coefficient (Wildman–Crippen LogP) is 1.44. The fraction of sp³-hybridized carbons (Fsp3) is 0.444. The molecule has 2 heterocycles. The van der Waals surface area contributed by atoms with Crippen LogP contribution in [0.2, 0.25) is 0 Å². The number of nitrogens with one attached hydrogen (secondary N) is 1. The van der Waals surface area contributed by atoms with E-state index in [1.165, 1.54) is 24.6 Å². The van der Waals surface area contributed by atoms with Gasteiger partial charge in [-0.15, -0.1) is 10.2 Å². The summed E-state index contributed by atoms with van der Waals surface area (Å²) < 4.78 is 38.0. The number of hydrogen-bond acceptors (Lipinski definition) is 8. The molecule has 1 aromatic heterocycles. The number of ether oxygens (including phenoxy) is 2. The molecular formula is C18H25N5O4S. The average molecular weight is 407 g/mol. The minimum atomic E-state index is -3.67. The van der Waals surface area contributed by atoms with E-state index in [-0.39, 0.29) is 10.6 Å². The lowest BCUT2D eigenvalue weighted by molar-refractivity contribution is 0.369. The Morgan fingerprint density at radius 1 is 1.04 bits per heavy atom. The van der Waals surface area contributed by atoms with E-state index in [9.17, 15) is 8.42 Å². The minimum Gasteiger partial charge on any atom is -0.497 e. The zero-order valence-corrected chi connectivity index (χ0v) is 17.1. The minimum absolute atomic E-state index is 0.138. The third kappa shape index (κ3) is 4.12. The number of benzene rings is 1. The second-order valence-electron chi connectivity index (χ2n) is 6.22. The van der Waals surface area contributed by atoms with E-state index in [1.54, 1.807) is 12.1 Å². The van der Waals surface area contributed by atoms with Gasteiger partial charge >= 0.3 is 0 Å². The van der Waals surface area contributed by atoms with Gasteiger partial charge < -0.3 is 19.7 Å². The summed E-state index contributed by atoms with van der Waals surface area (Å²) in [6.45, 7) is 4.55. The Hall–Kier alpha value is -2.59. The van der Waals surface area contributed by atoms with Crippen molar-refractivity contribution >= 4 is 21.7 Å². The van der Waals surface area contributed by atoms with Gasteiger partial charge in [0.1, 0.15) is 22.2 Å². The van der Waals surface area contributed by atoms with Gasteiger partial charge in [0, 0.05) is 38.8 Å². The predicted molar refractivity (Wildman–Crippen MR) is 107 cm³/mol. The number of piperazine rings is 1. The number of methoxy groups -OCH3 is 2. The standard InChI is InChI=1S/C18H25N5O4S/c1-4-19-17-7-8-18(21-20-17)22-9-11-23(12-10-22)28(24,25)16-6-5-14(26-2)13-15(16)27-3/h5-8,13H,4,9-12H2,1-3H3,(H,19,20). The number of hydrogen-bond donors (Lipinski definition) is 1. The van der Waals surface area contributed by atoms with E-state index >= 15 is 0 Å². The van der Waals surface area contributed by atoms with Crippen LogP contribution in [0.25, 0.3) is 0 Å². The van der Waals surface area contributed by atoms with Gasteiger partial charge in [0.15, 0.2) is 5.82 Å². The van der Waals surface area contributed by atoms with Gasteiger partial charge in [0.2, 0.25) is 10.0 Å². The van der Waals surface area contributed by atoms with Gasteiger partial charge in [-0.3, -0.25) is 0 Å². The van der Waals surface area contributed by atoms with Crippen LogP contribution in [0.5, 0.6) is 11.5 Å². The van der Waals surface area contributed by atoms with Crippen LogP contribution in [0.4, 0.5) is 11.6 Å². The molecule has 152 valence electrons. The molecule has 1 N–H and O–H groups in total. The maximum atomic E-state index is 13.1. The third-order valence-electron chi connectivity index (χ3n) is 4.56. The van der Waals surface area contributed by atoms with Crippen molar-refractivity contribution in [3.05, 3.63) is 30.3 Å². The van der Waals surface area contributed by atoms with Gasteiger partial charge in [-0.25, -0.2) is 8.42 Å². The summed E-state index contributed by atoms with van der Waals surface area (Å²) in [4.78, 5) is 2.17. The Morgan fingerprint density at radius 3 is 2.36 bits per heavy atom. The fourth-order valence-corrected chi connectivity index (χ4v) is 4.61. The Morgan fingerprint density at radius 2 is 1.79 bits per heavy atom. The summed E-state index contributed by atoms with van der Waals surface area (Å²) in [5.74, 6) is 2.27. The average Bonchev–Trinajstić information content (AvgIpc) is 2.74. The van der Waals surface area contributed by atoms with Crippen molar-refractivity contribution in [2.75, 3.05) is 57.2 Å². The summed E-state index contributed by atoms with van der Waals surface area (Å²) in [5.41, 5.74) is 0. The zero-order valence-electron chi connectivity index (χ0n) is 16.3. The molecule has 1 fully saturated rings. The molecule has 0 unspecified atom stereocenters. The van der Waals surface area contributed by atoms with Crippen molar-refractivity contribution < 1.29 is 17.9 Å². The highest BCUT2D eigenvalue weighted by Gasteiger charge is 2.31. The van der Waals surface area contributed by atoms with E-state index in [0.29, 0.717) is 31.9 Å². The van der Waals surface area contributed by atoms with E-state index < -0.39 is 10.0 Å². The molecule has 0 atom stereocenters. The molecule has 0 spiro atoms. The SMILES string of the molecule is CCNc1ccc(N2CCN(S(=O)(=O)c3ccc(OC)cc3OC)CC2)nn1. The number of nitrogens with zero attached hydrogens (tertiary/aromatic N) is 4. The first kappa shape index (κ1) is 20.2. The van der Waals surface area contributed by atoms with Crippen molar-refractivity contribution in [1.29, 1.82) is 0 Å². The highest BCUT2D eigenvalue weighted by molar-refractivity contribution is 7.89. The second-order valence-corrected chi connectivity index (χ2v) is 8.12. The molecule has 0 saturated carbocycles. The summed E-state index contributed by atoms with van der Waals surface area (Å²) in [5, 5.41) is 11.5. The number of rotatable bonds is 7. The van der Waals surface area contributed by atoms with Crippen molar-refractivity contribution in [2.45, 2.75) is 11.8 Å². The van der Waals surface area contributed by atoms with Crippen LogP contribution in [0, 0.1) is 0 Å². The van der Waals surface area contributed by atoms with Crippen LogP contribution in [-0.2, 0) is 10.0 Å². The molecule has 28 heavy (non-hydrogen) atoms. The molecule has 3 rings (SSSR count). The number of sulfonamides is 1. The summed E-state index contributed by atoms with van der Waals surface area (Å²) in [6.07, 6.45) is 0. The van der Waals surface area contributed by atoms with Crippen molar-refractivity contribution in [1.82, 2.24) is 14.5 Å². The first-order valence-electron chi connectivity index (χ1n) is 9.04. The lowest BCUT2D eigenvalue weighted by atomic mass is 10.3. The molecule has 0 radical (unpaired) electrons. The molecule has 0 aliphatic carbocycles. The van der Waals surface area contributed by atoms with Crippen molar-refractivity contribution in [3.8, 4) is 11.5 Å². The maximum Gasteiger partial charge on any atom is 0.246 e. The quantitative estimate of drug-likeness (QED) is 0.736. The van der Waals surface area contributed by atoms with Crippen LogP contribution >= 0.6 is 0 Å². The van der Waals surface area contributed by atoms with Gasteiger partial charge in [-0.2, -0.15) is 4.31 Å². The highest BCUT2D eigenvalue weighted by Crippen LogP contribution is 2.31. The summed E-state index contributed by atoms with van der Waals surface area (Å²) >= 11 is 0. The van der Waals surface area contributed by atoms with Gasteiger partial charge in [-0.1, -0.05) is 0 Å². The lowest BCUT2D eigenvalue weighted by Crippen LogP contribution is -2.49. The van der Waals surface area contributed by atoms with Crippen LogP contribution in [0.1, 0.15) is 6.92 Å². The topological polar surface area (TPSA) is 96.9 Å². The third-order valence-corrected chi connectivity index (χ3v) is 6.50. The van der Waals surface area contributed by atoms with E-state index in [1.807, 2.05) is 24.0 Å². The first-order chi connectivity index (χ1) is 13.5. The van der Waals surface area contributed by atoms with Crippen LogP contribution in [0.3, 0.4) is 0 Å². The Kier molecular flexibility index (Phi) is 6.20. The molecule has 0 amide bonds. The Labute approximate surface area is 165 Å². The second kappa shape index (κ2) is 8.61. The Bertz CT molecular complexity index is 897. The van der Waals surface area contributed by atoms with Crippen molar-refractivity contribution in [3.63, 3.8) is 0 Å². The van der Waals surface area contributed by atoms with E-state index in [2.05, 4.69) is 15.5 Å². The van der Waals surface area contributed by atoms with Crippen LogP contribution in [0.15, 0.2) is 35.2 Å². The smallest absolute Gasteiger partial charge is 0.246 e.